The lowest BCUT2D eigenvalue weighted by atomic mass is 10.3. The van der Waals surface area contributed by atoms with Crippen molar-refractivity contribution in [3.63, 3.8) is 0 Å². The Morgan fingerprint density at radius 1 is 1.41 bits per heavy atom. The zero-order valence-electron chi connectivity index (χ0n) is 12.5. The second-order valence-corrected chi connectivity index (χ2v) is 4.77. The van der Waals surface area contributed by atoms with Crippen LogP contribution in [0.2, 0.25) is 0 Å². The van der Waals surface area contributed by atoms with Crippen molar-refractivity contribution in [1.29, 1.82) is 0 Å². The highest BCUT2D eigenvalue weighted by Crippen LogP contribution is 2.11. The maximum absolute atomic E-state index is 11.7. The molecule has 1 saturated heterocycles. The van der Waals surface area contributed by atoms with Gasteiger partial charge >= 0.3 is 0 Å². The van der Waals surface area contributed by atoms with E-state index in [-0.39, 0.29) is 5.70 Å². The van der Waals surface area contributed by atoms with Crippen LogP contribution in [0, 0.1) is 0 Å². The summed E-state index contributed by atoms with van der Waals surface area (Å²) in [5, 5.41) is 8.17. The lowest BCUT2D eigenvalue weighted by Crippen LogP contribution is -2.30. The molecule has 118 valence electrons. The summed E-state index contributed by atoms with van der Waals surface area (Å²) in [5.41, 5.74) is 0.863. The fourth-order valence-electron chi connectivity index (χ4n) is 2.17. The second-order valence-electron chi connectivity index (χ2n) is 4.77. The molecule has 1 aliphatic rings. The summed E-state index contributed by atoms with van der Waals surface area (Å²) < 4.78 is 0. The van der Waals surface area contributed by atoms with Crippen molar-refractivity contribution in [2.24, 2.45) is 0 Å². The van der Waals surface area contributed by atoms with Crippen LogP contribution in [-0.4, -0.2) is 55.5 Å². The summed E-state index contributed by atoms with van der Waals surface area (Å²) in [4.78, 5) is 32.9. The normalized spacial score (nSPS) is 15.9. The standard InChI is InChI=1S/C14H20N6O2/c1-15-12(13(22)18-10-21)9-11-3-5-17-14(19-11)20-7-2-4-16-6-8-20/h3,5,9-10,15-16H,2,4,6-8H2,1H3,(H,18,21,22)/b12-9-. The third-order valence-corrected chi connectivity index (χ3v) is 3.28. The predicted molar refractivity (Wildman–Crippen MR) is 83.0 cm³/mol. The Morgan fingerprint density at radius 2 is 2.27 bits per heavy atom. The molecule has 0 aliphatic carbocycles. The second kappa shape index (κ2) is 8.08. The number of imide groups is 1. The summed E-state index contributed by atoms with van der Waals surface area (Å²) in [6.45, 7) is 3.63. The van der Waals surface area contributed by atoms with Gasteiger partial charge in [-0.2, -0.15) is 0 Å². The summed E-state index contributed by atoms with van der Waals surface area (Å²) in [6.07, 6.45) is 4.63. The van der Waals surface area contributed by atoms with Crippen LogP contribution in [0.1, 0.15) is 12.1 Å². The Morgan fingerprint density at radius 3 is 3.05 bits per heavy atom. The minimum atomic E-state index is -0.503. The number of hydrogen-bond acceptors (Lipinski definition) is 7. The van der Waals surface area contributed by atoms with E-state index in [4.69, 9.17) is 0 Å². The van der Waals surface area contributed by atoms with Crippen molar-refractivity contribution in [3.8, 4) is 0 Å². The fourth-order valence-corrected chi connectivity index (χ4v) is 2.17. The number of hydrogen-bond donors (Lipinski definition) is 3. The molecule has 0 spiro atoms. The van der Waals surface area contributed by atoms with E-state index >= 15 is 0 Å². The van der Waals surface area contributed by atoms with Crippen molar-refractivity contribution < 1.29 is 9.59 Å². The number of anilines is 1. The van der Waals surface area contributed by atoms with Gasteiger partial charge in [-0.15, -0.1) is 0 Å². The van der Waals surface area contributed by atoms with Gasteiger partial charge in [0.25, 0.3) is 5.91 Å². The summed E-state index contributed by atoms with van der Waals surface area (Å²) in [6, 6.07) is 1.71. The fraction of sp³-hybridized carbons (Fsp3) is 0.429. The number of aromatic nitrogens is 2. The highest BCUT2D eigenvalue weighted by molar-refractivity contribution is 6.01. The predicted octanol–water partition coefficient (Wildman–Crippen LogP) is -0.891. The Balaban J connectivity index is 2.19. The van der Waals surface area contributed by atoms with E-state index in [2.05, 4.69) is 30.8 Å². The van der Waals surface area contributed by atoms with Crippen LogP contribution in [0.3, 0.4) is 0 Å². The number of carbonyl (C=O) groups is 2. The van der Waals surface area contributed by atoms with Crippen LogP contribution in [0.25, 0.3) is 6.08 Å². The van der Waals surface area contributed by atoms with E-state index in [1.54, 1.807) is 25.4 Å². The zero-order chi connectivity index (χ0) is 15.8. The quantitative estimate of drug-likeness (QED) is 0.479. The third-order valence-electron chi connectivity index (χ3n) is 3.28. The zero-order valence-corrected chi connectivity index (χ0v) is 12.5. The van der Waals surface area contributed by atoms with Crippen molar-refractivity contribution in [3.05, 3.63) is 23.7 Å². The van der Waals surface area contributed by atoms with Gasteiger partial charge in [0.05, 0.1) is 5.69 Å². The first-order chi connectivity index (χ1) is 10.7. The highest BCUT2D eigenvalue weighted by atomic mass is 16.2. The Labute approximate surface area is 129 Å². The summed E-state index contributed by atoms with van der Waals surface area (Å²) >= 11 is 0. The molecule has 0 unspecified atom stereocenters. The van der Waals surface area contributed by atoms with Gasteiger partial charge in [0.15, 0.2) is 0 Å². The molecule has 2 amide bonds. The average Bonchev–Trinajstić information content (AvgIpc) is 2.82. The molecule has 1 aromatic rings. The average molecular weight is 304 g/mol. The molecular formula is C14H20N6O2. The third kappa shape index (κ3) is 4.26. The van der Waals surface area contributed by atoms with Crippen LogP contribution in [0.5, 0.6) is 0 Å². The number of carbonyl (C=O) groups excluding carboxylic acids is 2. The first-order valence-corrected chi connectivity index (χ1v) is 7.17. The van der Waals surface area contributed by atoms with Gasteiger partial charge in [-0.05, 0) is 25.1 Å². The van der Waals surface area contributed by atoms with E-state index in [0.29, 0.717) is 18.1 Å². The van der Waals surface area contributed by atoms with Crippen molar-refractivity contribution in [1.82, 2.24) is 25.9 Å². The Hall–Kier alpha value is -2.48. The van der Waals surface area contributed by atoms with Crippen LogP contribution in [0.4, 0.5) is 5.95 Å². The van der Waals surface area contributed by atoms with Crippen LogP contribution < -0.4 is 20.9 Å². The molecule has 0 atom stereocenters. The molecule has 0 aromatic carbocycles. The van der Waals surface area contributed by atoms with Crippen molar-refractivity contribution in [2.45, 2.75) is 6.42 Å². The van der Waals surface area contributed by atoms with Crippen molar-refractivity contribution >= 4 is 24.3 Å². The maximum atomic E-state index is 11.7. The summed E-state index contributed by atoms with van der Waals surface area (Å²) in [7, 11) is 1.61. The molecule has 1 aromatic heterocycles. The van der Waals surface area contributed by atoms with E-state index in [1.165, 1.54) is 0 Å². The van der Waals surface area contributed by atoms with Gasteiger partial charge in [-0.3, -0.25) is 14.9 Å². The molecule has 3 N–H and O–H groups in total. The van der Waals surface area contributed by atoms with Gasteiger partial charge in [-0.25, -0.2) is 9.97 Å². The summed E-state index contributed by atoms with van der Waals surface area (Å²) in [5.74, 6) is 0.139. The largest absolute Gasteiger partial charge is 0.384 e. The van der Waals surface area contributed by atoms with Gasteiger partial charge in [0.1, 0.15) is 5.70 Å². The first-order valence-electron chi connectivity index (χ1n) is 7.17. The van der Waals surface area contributed by atoms with E-state index < -0.39 is 5.91 Å². The van der Waals surface area contributed by atoms with Gasteiger partial charge in [-0.1, -0.05) is 0 Å². The molecule has 1 fully saturated rings. The van der Waals surface area contributed by atoms with Crippen molar-refractivity contribution in [2.75, 3.05) is 38.1 Å². The highest BCUT2D eigenvalue weighted by Gasteiger charge is 2.13. The van der Waals surface area contributed by atoms with E-state index in [9.17, 15) is 9.59 Å². The number of nitrogens with zero attached hydrogens (tertiary/aromatic N) is 3. The Bertz CT molecular complexity index is 552. The van der Waals surface area contributed by atoms with Crippen LogP contribution in [0.15, 0.2) is 18.0 Å². The van der Waals surface area contributed by atoms with Gasteiger partial charge < -0.3 is 15.5 Å². The maximum Gasteiger partial charge on any atom is 0.273 e. The number of amides is 2. The van der Waals surface area contributed by atoms with Gasteiger partial charge in [0, 0.05) is 32.9 Å². The molecule has 0 radical (unpaired) electrons. The molecule has 8 nitrogen and oxygen atoms in total. The lowest BCUT2D eigenvalue weighted by molar-refractivity contribution is -0.122. The molecular weight excluding hydrogens is 284 g/mol. The first kappa shape index (κ1) is 15.9. The minimum Gasteiger partial charge on any atom is -0.384 e. The molecule has 0 bridgehead atoms. The van der Waals surface area contributed by atoms with Crippen LogP contribution in [-0.2, 0) is 9.59 Å². The lowest BCUT2D eigenvalue weighted by Gasteiger charge is -2.19. The topological polar surface area (TPSA) is 99.2 Å². The molecule has 2 rings (SSSR count). The van der Waals surface area contributed by atoms with Crippen LogP contribution >= 0.6 is 0 Å². The molecule has 1 aliphatic heterocycles. The SMILES string of the molecule is CN/C(=C\c1ccnc(N2CCCNCC2)n1)C(=O)NC=O. The molecule has 22 heavy (non-hydrogen) atoms. The number of nitrogens with one attached hydrogen (secondary N) is 3. The number of likely N-dealkylation sites (N-methyl/N-ethyl adjacent to an activating group) is 1. The molecule has 0 saturated carbocycles. The molecule has 2 heterocycles. The van der Waals surface area contributed by atoms with E-state index in [1.807, 2.05) is 0 Å². The Kier molecular flexibility index (Phi) is 5.84. The molecule has 8 heteroatoms. The number of rotatable bonds is 5. The minimum absolute atomic E-state index is 0.259. The monoisotopic (exact) mass is 304 g/mol. The van der Waals surface area contributed by atoms with E-state index in [0.717, 1.165) is 32.6 Å². The van der Waals surface area contributed by atoms with Gasteiger partial charge in [0.2, 0.25) is 12.4 Å². The smallest absolute Gasteiger partial charge is 0.273 e.